The Balaban J connectivity index is 2.84. The van der Waals surface area contributed by atoms with E-state index in [2.05, 4.69) is 10.1 Å². The summed E-state index contributed by atoms with van der Waals surface area (Å²) in [5.74, 6) is -0.952. The van der Waals surface area contributed by atoms with Gasteiger partial charge in [-0.15, -0.1) is 0 Å². The van der Waals surface area contributed by atoms with Crippen molar-refractivity contribution in [2.75, 3.05) is 13.7 Å². The molecule has 0 amide bonds. The molecule has 0 aliphatic carbocycles. The van der Waals surface area contributed by atoms with Crippen LogP contribution in [0.15, 0.2) is 18.2 Å². The molecule has 0 radical (unpaired) electrons. The van der Waals surface area contributed by atoms with Crippen LogP contribution in [0.4, 0.5) is 8.78 Å². The van der Waals surface area contributed by atoms with E-state index in [1.807, 2.05) is 0 Å². The Labute approximate surface area is 102 Å². The minimum Gasteiger partial charge on any atom is -0.493 e. The Hall–Kier alpha value is -1.89. The molecule has 18 heavy (non-hydrogen) atoms. The van der Waals surface area contributed by atoms with E-state index in [9.17, 15) is 13.6 Å². The maximum atomic E-state index is 12.3. The number of hydrogen-bond donors (Lipinski definition) is 2. The quantitative estimate of drug-likeness (QED) is 0.778. The van der Waals surface area contributed by atoms with Gasteiger partial charge in [-0.3, -0.25) is 4.79 Å². The monoisotopic (exact) mass is 261 g/mol. The molecule has 1 aromatic carbocycles. The number of benzene rings is 1. The highest BCUT2D eigenvalue weighted by atomic mass is 19.3. The first-order chi connectivity index (χ1) is 8.54. The van der Waals surface area contributed by atoms with Crippen LogP contribution >= 0.6 is 0 Å². The van der Waals surface area contributed by atoms with Gasteiger partial charge in [0, 0.05) is 12.1 Å². The van der Waals surface area contributed by atoms with Gasteiger partial charge in [-0.05, 0) is 6.07 Å². The number of halogens is 2. The summed E-state index contributed by atoms with van der Waals surface area (Å²) in [7, 11) is 1.34. The zero-order valence-electron chi connectivity index (χ0n) is 9.65. The first-order valence-corrected chi connectivity index (χ1v) is 5.07. The van der Waals surface area contributed by atoms with Crippen molar-refractivity contribution in [3.63, 3.8) is 0 Å². The number of hydrogen-bond acceptors (Lipinski definition) is 4. The molecule has 0 aromatic heterocycles. The summed E-state index contributed by atoms with van der Waals surface area (Å²) in [5.41, 5.74) is 0.399. The van der Waals surface area contributed by atoms with Gasteiger partial charge < -0.3 is 19.9 Å². The van der Waals surface area contributed by atoms with Crippen molar-refractivity contribution in [2.45, 2.75) is 13.2 Å². The Morgan fingerprint density at radius 1 is 1.50 bits per heavy atom. The molecule has 0 saturated carbocycles. The van der Waals surface area contributed by atoms with Gasteiger partial charge in [0.2, 0.25) is 0 Å². The summed E-state index contributed by atoms with van der Waals surface area (Å²) < 4.78 is 33.8. The van der Waals surface area contributed by atoms with Crippen molar-refractivity contribution >= 4 is 5.97 Å². The molecular formula is C11H13F2NO4. The number of carboxylic acids is 1. The predicted octanol–water partition coefficient (Wildman–Crippen LogP) is 1.47. The molecule has 1 rings (SSSR count). The topological polar surface area (TPSA) is 67.8 Å². The van der Waals surface area contributed by atoms with Gasteiger partial charge >= 0.3 is 12.6 Å². The van der Waals surface area contributed by atoms with E-state index in [1.54, 1.807) is 12.1 Å². The normalized spacial score (nSPS) is 10.4. The number of rotatable bonds is 7. The first-order valence-electron chi connectivity index (χ1n) is 5.07. The molecule has 0 unspecified atom stereocenters. The minimum atomic E-state index is -2.97. The molecule has 0 atom stereocenters. The fraction of sp³-hybridized carbons (Fsp3) is 0.364. The van der Waals surface area contributed by atoms with Crippen molar-refractivity contribution in [1.29, 1.82) is 0 Å². The largest absolute Gasteiger partial charge is 0.493 e. The third kappa shape index (κ3) is 4.17. The minimum absolute atomic E-state index is 0.0888. The lowest BCUT2D eigenvalue weighted by Gasteiger charge is -2.14. The molecule has 0 heterocycles. The van der Waals surface area contributed by atoms with Crippen LogP contribution in [0.5, 0.6) is 11.5 Å². The zero-order valence-corrected chi connectivity index (χ0v) is 9.65. The lowest BCUT2D eigenvalue weighted by Crippen LogP contribution is -2.22. The lowest BCUT2D eigenvalue weighted by molar-refractivity contribution is -0.136. The highest BCUT2D eigenvalue weighted by Crippen LogP contribution is 2.32. The first kappa shape index (κ1) is 14.2. The maximum Gasteiger partial charge on any atom is 0.387 e. The molecule has 0 saturated heterocycles. The Kier molecular flexibility index (Phi) is 5.31. The third-order valence-corrected chi connectivity index (χ3v) is 2.08. The van der Waals surface area contributed by atoms with Crippen LogP contribution in [0.2, 0.25) is 0 Å². The third-order valence-electron chi connectivity index (χ3n) is 2.08. The molecule has 0 bridgehead atoms. The Bertz CT molecular complexity index is 412. The van der Waals surface area contributed by atoms with Crippen molar-refractivity contribution in [3.05, 3.63) is 23.8 Å². The molecule has 0 spiro atoms. The number of aliphatic carboxylic acids is 1. The average Bonchev–Trinajstić information content (AvgIpc) is 2.30. The van der Waals surface area contributed by atoms with Crippen LogP contribution in [0.3, 0.4) is 0 Å². The second kappa shape index (κ2) is 6.75. The smallest absolute Gasteiger partial charge is 0.387 e. The molecule has 0 fully saturated rings. The predicted molar refractivity (Wildman–Crippen MR) is 59.0 cm³/mol. The van der Waals surface area contributed by atoms with E-state index >= 15 is 0 Å². The summed E-state index contributed by atoms with van der Waals surface area (Å²) in [5, 5.41) is 11.1. The molecule has 100 valence electrons. The summed E-state index contributed by atoms with van der Waals surface area (Å²) in [4.78, 5) is 10.3. The van der Waals surface area contributed by atoms with E-state index in [0.717, 1.165) is 0 Å². The highest BCUT2D eigenvalue weighted by Gasteiger charge is 2.15. The van der Waals surface area contributed by atoms with Crippen molar-refractivity contribution < 1.29 is 28.2 Å². The number of alkyl halides is 2. The van der Waals surface area contributed by atoms with E-state index in [1.165, 1.54) is 13.2 Å². The second-order valence-electron chi connectivity index (χ2n) is 3.32. The van der Waals surface area contributed by atoms with Crippen LogP contribution in [0.1, 0.15) is 5.56 Å². The number of nitrogens with one attached hydrogen (secondary N) is 1. The zero-order chi connectivity index (χ0) is 13.5. The van der Waals surface area contributed by atoms with Crippen molar-refractivity contribution in [2.24, 2.45) is 0 Å². The SMILES string of the molecule is COc1cccc(CNCC(=O)O)c1OC(F)F. The fourth-order valence-corrected chi connectivity index (χ4v) is 1.39. The Morgan fingerprint density at radius 3 is 2.78 bits per heavy atom. The highest BCUT2D eigenvalue weighted by molar-refractivity contribution is 5.69. The molecule has 5 nitrogen and oxygen atoms in total. The van der Waals surface area contributed by atoms with Crippen LogP contribution < -0.4 is 14.8 Å². The molecule has 2 N–H and O–H groups in total. The molecule has 7 heteroatoms. The van der Waals surface area contributed by atoms with Gasteiger partial charge in [-0.25, -0.2) is 0 Å². The average molecular weight is 261 g/mol. The summed E-state index contributed by atoms with van der Waals surface area (Å²) >= 11 is 0. The molecule has 0 aliphatic heterocycles. The van der Waals surface area contributed by atoms with Gasteiger partial charge in [0.15, 0.2) is 11.5 Å². The maximum absolute atomic E-state index is 12.3. The standard InChI is InChI=1S/C11H13F2NO4/c1-17-8-4-2-3-7(5-14-6-9(15)16)10(8)18-11(12)13/h2-4,11,14H,5-6H2,1H3,(H,15,16). The lowest BCUT2D eigenvalue weighted by atomic mass is 10.2. The number of carboxylic acid groups (broad SMARTS) is 1. The Morgan fingerprint density at radius 2 is 2.22 bits per heavy atom. The van der Waals surface area contributed by atoms with Crippen LogP contribution in [0.25, 0.3) is 0 Å². The van der Waals surface area contributed by atoms with E-state index < -0.39 is 12.6 Å². The second-order valence-corrected chi connectivity index (χ2v) is 3.32. The molecule has 1 aromatic rings. The fourth-order valence-electron chi connectivity index (χ4n) is 1.39. The number of para-hydroxylation sites is 1. The van der Waals surface area contributed by atoms with Gasteiger partial charge in [0.25, 0.3) is 0 Å². The molecular weight excluding hydrogens is 248 g/mol. The van der Waals surface area contributed by atoms with E-state index in [-0.39, 0.29) is 24.6 Å². The number of carbonyl (C=O) groups is 1. The van der Waals surface area contributed by atoms with Gasteiger partial charge in [-0.2, -0.15) is 8.78 Å². The van der Waals surface area contributed by atoms with Crippen LogP contribution in [0, 0.1) is 0 Å². The van der Waals surface area contributed by atoms with Crippen LogP contribution in [-0.4, -0.2) is 31.3 Å². The van der Waals surface area contributed by atoms with Gasteiger partial charge in [0.05, 0.1) is 13.7 Å². The number of ether oxygens (including phenoxy) is 2. The summed E-state index contributed by atoms with van der Waals surface area (Å²) in [6.07, 6.45) is 0. The van der Waals surface area contributed by atoms with Crippen LogP contribution in [-0.2, 0) is 11.3 Å². The van der Waals surface area contributed by atoms with Gasteiger partial charge in [0.1, 0.15) is 0 Å². The van der Waals surface area contributed by atoms with Crippen molar-refractivity contribution in [1.82, 2.24) is 5.32 Å². The number of methoxy groups -OCH3 is 1. The summed E-state index contributed by atoms with van der Waals surface area (Å²) in [6.45, 7) is -3.16. The van der Waals surface area contributed by atoms with E-state index in [0.29, 0.717) is 5.56 Å². The summed E-state index contributed by atoms with van der Waals surface area (Å²) in [6, 6.07) is 4.64. The molecule has 0 aliphatic rings. The van der Waals surface area contributed by atoms with Gasteiger partial charge in [-0.1, -0.05) is 12.1 Å². The van der Waals surface area contributed by atoms with E-state index in [4.69, 9.17) is 9.84 Å². The van der Waals surface area contributed by atoms with Crippen molar-refractivity contribution in [3.8, 4) is 11.5 Å².